The zero-order valence-electron chi connectivity index (χ0n) is 8.23. The highest BCUT2D eigenvalue weighted by atomic mass is 32.1. The number of nitrogens with zero attached hydrogens (tertiary/aromatic N) is 1. The van der Waals surface area contributed by atoms with Crippen molar-refractivity contribution in [2.75, 3.05) is 0 Å². The van der Waals surface area contributed by atoms with Crippen LogP contribution in [0, 0.1) is 5.92 Å². The van der Waals surface area contributed by atoms with Crippen LogP contribution in [-0.2, 0) is 6.42 Å². The van der Waals surface area contributed by atoms with Crippen molar-refractivity contribution >= 4 is 11.3 Å². The van der Waals surface area contributed by atoms with Crippen molar-refractivity contribution in [2.24, 2.45) is 5.92 Å². The average Bonchev–Trinajstić information content (AvgIpc) is 2.57. The van der Waals surface area contributed by atoms with Gasteiger partial charge in [-0.1, -0.05) is 20.3 Å². The fourth-order valence-corrected chi connectivity index (χ4v) is 2.05. The Morgan fingerprint density at radius 2 is 2.38 bits per heavy atom. The van der Waals surface area contributed by atoms with Gasteiger partial charge in [-0.15, -0.1) is 11.3 Å². The summed E-state index contributed by atoms with van der Waals surface area (Å²) in [6, 6.07) is 0. The van der Waals surface area contributed by atoms with E-state index in [1.807, 2.05) is 5.38 Å². The van der Waals surface area contributed by atoms with Gasteiger partial charge in [-0.2, -0.15) is 0 Å². The van der Waals surface area contributed by atoms with E-state index in [4.69, 9.17) is 0 Å². The fraction of sp³-hybridized carbons (Fsp3) is 0.700. The highest BCUT2D eigenvalue weighted by Gasteiger charge is 2.14. The summed E-state index contributed by atoms with van der Waals surface area (Å²) in [7, 11) is 0. The van der Waals surface area contributed by atoms with Crippen molar-refractivity contribution < 1.29 is 5.11 Å². The van der Waals surface area contributed by atoms with Crippen LogP contribution in [0.25, 0.3) is 0 Å². The molecule has 0 saturated carbocycles. The van der Waals surface area contributed by atoms with Crippen molar-refractivity contribution in [3.8, 4) is 0 Å². The molecule has 1 aromatic rings. The van der Waals surface area contributed by atoms with Gasteiger partial charge in [-0.25, -0.2) is 4.98 Å². The molecule has 1 aromatic heterocycles. The SMILES string of the molecule is CCCC(C)C(O)Cc1nccs1. The molecule has 2 unspecified atom stereocenters. The average molecular weight is 199 g/mol. The minimum absolute atomic E-state index is 0.230. The van der Waals surface area contributed by atoms with Gasteiger partial charge in [-0.05, 0) is 12.3 Å². The highest BCUT2D eigenvalue weighted by Crippen LogP contribution is 2.16. The molecular formula is C10H17NOS. The van der Waals surface area contributed by atoms with Crippen LogP contribution in [-0.4, -0.2) is 16.2 Å². The molecule has 2 nitrogen and oxygen atoms in total. The summed E-state index contributed by atoms with van der Waals surface area (Å²) in [6.45, 7) is 4.24. The quantitative estimate of drug-likeness (QED) is 0.790. The fourth-order valence-electron chi connectivity index (χ4n) is 1.38. The van der Waals surface area contributed by atoms with Gasteiger partial charge in [0.1, 0.15) is 0 Å². The maximum Gasteiger partial charge on any atom is 0.0950 e. The lowest BCUT2D eigenvalue weighted by atomic mass is 9.97. The number of hydrogen-bond acceptors (Lipinski definition) is 3. The third-order valence-corrected chi connectivity index (χ3v) is 3.07. The summed E-state index contributed by atoms with van der Waals surface area (Å²) in [5.74, 6) is 0.383. The first-order chi connectivity index (χ1) is 6.24. The minimum Gasteiger partial charge on any atom is -0.392 e. The van der Waals surface area contributed by atoms with Crippen molar-refractivity contribution in [3.05, 3.63) is 16.6 Å². The first-order valence-electron chi connectivity index (χ1n) is 4.80. The van der Waals surface area contributed by atoms with Crippen LogP contribution in [0.2, 0.25) is 0 Å². The van der Waals surface area contributed by atoms with E-state index in [9.17, 15) is 5.11 Å². The Morgan fingerprint density at radius 1 is 1.62 bits per heavy atom. The largest absolute Gasteiger partial charge is 0.392 e. The zero-order valence-corrected chi connectivity index (χ0v) is 9.05. The molecule has 3 heteroatoms. The second-order valence-electron chi connectivity index (χ2n) is 3.46. The molecule has 0 radical (unpaired) electrons. The lowest BCUT2D eigenvalue weighted by molar-refractivity contribution is 0.111. The second-order valence-corrected chi connectivity index (χ2v) is 4.44. The summed E-state index contributed by atoms with van der Waals surface area (Å²) in [5.41, 5.74) is 0. The summed E-state index contributed by atoms with van der Waals surface area (Å²) in [5, 5.41) is 12.8. The van der Waals surface area contributed by atoms with Crippen molar-refractivity contribution in [1.29, 1.82) is 0 Å². The van der Waals surface area contributed by atoms with Gasteiger partial charge in [0.15, 0.2) is 0 Å². The lowest BCUT2D eigenvalue weighted by Crippen LogP contribution is -2.20. The monoisotopic (exact) mass is 199 g/mol. The van der Waals surface area contributed by atoms with E-state index in [0.29, 0.717) is 12.3 Å². The Bertz CT molecular complexity index is 223. The van der Waals surface area contributed by atoms with E-state index >= 15 is 0 Å². The van der Waals surface area contributed by atoms with Crippen LogP contribution in [0.5, 0.6) is 0 Å². The Labute approximate surface area is 83.6 Å². The molecule has 0 aromatic carbocycles. The smallest absolute Gasteiger partial charge is 0.0950 e. The molecule has 0 bridgehead atoms. The van der Waals surface area contributed by atoms with Crippen molar-refractivity contribution in [3.63, 3.8) is 0 Å². The summed E-state index contributed by atoms with van der Waals surface area (Å²) < 4.78 is 0. The van der Waals surface area contributed by atoms with Gasteiger partial charge in [0.25, 0.3) is 0 Å². The summed E-state index contributed by atoms with van der Waals surface area (Å²) in [6.07, 6.45) is 4.49. The van der Waals surface area contributed by atoms with Gasteiger partial charge in [0, 0.05) is 18.0 Å². The molecule has 74 valence electrons. The molecule has 1 N–H and O–H groups in total. The number of aliphatic hydroxyl groups is 1. The maximum absolute atomic E-state index is 9.79. The third-order valence-electron chi connectivity index (χ3n) is 2.27. The van der Waals surface area contributed by atoms with Crippen LogP contribution in [0.3, 0.4) is 0 Å². The Morgan fingerprint density at radius 3 is 2.92 bits per heavy atom. The Hall–Kier alpha value is -0.410. The standard InChI is InChI=1S/C10H17NOS/c1-3-4-8(2)9(12)7-10-11-5-6-13-10/h5-6,8-9,12H,3-4,7H2,1-2H3. The van der Waals surface area contributed by atoms with Gasteiger partial charge < -0.3 is 5.11 Å². The lowest BCUT2D eigenvalue weighted by Gasteiger charge is -2.16. The molecule has 0 aliphatic heterocycles. The van der Waals surface area contributed by atoms with E-state index in [2.05, 4.69) is 18.8 Å². The number of hydrogen-bond donors (Lipinski definition) is 1. The van der Waals surface area contributed by atoms with E-state index < -0.39 is 0 Å². The minimum atomic E-state index is -0.230. The highest BCUT2D eigenvalue weighted by molar-refractivity contribution is 7.09. The summed E-state index contributed by atoms with van der Waals surface area (Å²) >= 11 is 1.62. The second kappa shape index (κ2) is 5.35. The number of thiazole rings is 1. The topological polar surface area (TPSA) is 33.1 Å². The zero-order chi connectivity index (χ0) is 9.68. The molecule has 0 amide bonds. The van der Waals surface area contributed by atoms with E-state index in [1.165, 1.54) is 0 Å². The van der Waals surface area contributed by atoms with Crippen molar-refractivity contribution in [1.82, 2.24) is 4.98 Å². The first-order valence-corrected chi connectivity index (χ1v) is 5.68. The van der Waals surface area contributed by atoms with Gasteiger partial charge in [0.05, 0.1) is 11.1 Å². The Kier molecular flexibility index (Phi) is 4.39. The number of aliphatic hydroxyl groups excluding tert-OH is 1. The third kappa shape index (κ3) is 3.44. The molecule has 0 fully saturated rings. The molecule has 2 atom stereocenters. The maximum atomic E-state index is 9.79. The molecule has 1 rings (SSSR count). The van der Waals surface area contributed by atoms with Gasteiger partial charge in [-0.3, -0.25) is 0 Å². The van der Waals surface area contributed by atoms with Crippen LogP contribution in [0.4, 0.5) is 0 Å². The molecule has 13 heavy (non-hydrogen) atoms. The molecule has 0 aliphatic rings. The van der Waals surface area contributed by atoms with E-state index in [0.717, 1.165) is 17.8 Å². The van der Waals surface area contributed by atoms with E-state index in [1.54, 1.807) is 17.5 Å². The molecule has 0 saturated heterocycles. The van der Waals surface area contributed by atoms with E-state index in [-0.39, 0.29) is 6.10 Å². The predicted octanol–water partition coefficient (Wildman–Crippen LogP) is 2.48. The molecular weight excluding hydrogens is 182 g/mol. The Balaban J connectivity index is 2.36. The predicted molar refractivity (Wildman–Crippen MR) is 55.9 cm³/mol. The van der Waals surface area contributed by atoms with Crippen LogP contribution >= 0.6 is 11.3 Å². The van der Waals surface area contributed by atoms with Gasteiger partial charge in [0.2, 0.25) is 0 Å². The van der Waals surface area contributed by atoms with Gasteiger partial charge >= 0.3 is 0 Å². The van der Waals surface area contributed by atoms with Crippen LogP contribution in [0.15, 0.2) is 11.6 Å². The number of rotatable bonds is 5. The number of aromatic nitrogens is 1. The molecule has 1 heterocycles. The van der Waals surface area contributed by atoms with Crippen molar-refractivity contribution in [2.45, 2.75) is 39.2 Å². The van der Waals surface area contributed by atoms with Crippen LogP contribution in [0.1, 0.15) is 31.7 Å². The molecule has 0 spiro atoms. The van der Waals surface area contributed by atoms with Crippen LogP contribution < -0.4 is 0 Å². The first kappa shape index (κ1) is 10.7. The normalized spacial score (nSPS) is 15.6. The molecule has 0 aliphatic carbocycles. The summed E-state index contributed by atoms with van der Waals surface area (Å²) in [4.78, 5) is 4.16.